The number of hydrogen-bond acceptors (Lipinski definition) is 3. The minimum Gasteiger partial charge on any atom is -0.465 e. The first-order valence-corrected chi connectivity index (χ1v) is 7.87. The maximum atomic E-state index is 11.5. The van der Waals surface area contributed by atoms with E-state index in [2.05, 4.69) is 12.1 Å². The second-order valence-corrected chi connectivity index (χ2v) is 5.60. The fourth-order valence-electron chi connectivity index (χ4n) is 2.78. The number of unbranched alkanes of at least 4 members (excludes halogenated alkanes) is 2. The highest BCUT2D eigenvalue weighted by Crippen LogP contribution is 2.24. The summed E-state index contributed by atoms with van der Waals surface area (Å²) in [6.45, 7) is 2.28. The number of hydrogen-bond donors (Lipinski definition) is 1. The molecule has 1 aliphatic rings. The van der Waals surface area contributed by atoms with Crippen molar-refractivity contribution < 1.29 is 19.4 Å². The van der Waals surface area contributed by atoms with Crippen LogP contribution in [0.5, 0.6) is 0 Å². The lowest BCUT2D eigenvalue weighted by molar-refractivity contribution is -0.186. The van der Waals surface area contributed by atoms with E-state index in [0.29, 0.717) is 13.0 Å². The zero-order chi connectivity index (χ0) is 15.9. The minimum absolute atomic E-state index is 0.284. The molecule has 1 aliphatic heterocycles. The zero-order valence-electron chi connectivity index (χ0n) is 12.9. The highest BCUT2D eigenvalue weighted by atomic mass is 16.6. The molecule has 1 fully saturated rings. The van der Waals surface area contributed by atoms with E-state index in [-0.39, 0.29) is 6.10 Å². The highest BCUT2D eigenvalue weighted by molar-refractivity contribution is 5.86. The Morgan fingerprint density at radius 3 is 2.55 bits per heavy atom. The summed E-state index contributed by atoms with van der Waals surface area (Å²) in [5.41, 5.74) is 1.30. The third-order valence-corrected chi connectivity index (χ3v) is 4.05. The lowest BCUT2D eigenvalue weighted by Crippen LogP contribution is -2.61. The topological polar surface area (TPSA) is 66.8 Å². The van der Waals surface area contributed by atoms with E-state index in [1.807, 2.05) is 25.1 Å². The first-order valence-electron chi connectivity index (χ1n) is 7.87. The van der Waals surface area contributed by atoms with Crippen molar-refractivity contribution in [3.8, 4) is 0 Å². The van der Waals surface area contributed by atoms with Crippen molar-refractivity contribution in [3.05, 3.63) is 35.9 Å². The predicted molar refractivity (Wildman–Crippen MR) is 82.7 cm³/mol. The molecule has 1 aromatic rings. The fourth-order valence-corrected chi connectivity index (χ4v) is 2.78. The third-order valence-electron chi connectivity index (χ3n) is 4.05. The minimum atomic E-state index is -1.04. The number of esters is 1. The van der Waals surface area contributed by atoms with E-state index in [0.717, 1.165) is 25.7 Å². The monoisotopic (exact) mass is 305 g/mol. The number of ether oxygens (including phenoxy) is 1. The standard InChI is InChI=1S/C17H23NO4/c1-2-14-15(16(19)22-14)18(17(20)21)12-8-4-7-11-13-9-5-3-6-10-13/h3,5-6,9-10,14-15H,2,4,7-8,11-12H2,1H3,(H,20,21)/t14-,15-/m1/s1. The molecule has 0 unspecified atom stereocenters. The maximum Gasteiger partial charge on any atom is 0.408 e. The first kappa shape index (κ1) is 16.3. The number of cyclic esters (lactones) is 1. The van der Waals surface area contributed by atoms with Gasteiger partial charge in [-0.15, -0.1) is 0 Å². The summed E-state index contributed by atoms with van der Waals surface area (Å²) in [6.07, 6.45) is 3.04. The molecular formula is C17H23NO4. The van der Waals surface area contributed by atoms with Crippen LogP contribution in [0.3, 0.4) is 0 Å². The Bertz CT molecular complexity index is 503. The van der Waals surface area contributed by atoms with Crippen LogP contribution in [0, 0.1) is 0 Å². The van der Waals surface area contributed by atoms with Gasteiger partial charge in [0, 0.05) is 6.54 Å². The van der Waals surface area contributed by atoms with Gasteiger partial charge in [-0.1, -0.05) is 43.7 Å². The van der Waals surface area contributed by atoms with E-state index in [1.165, 1.54) is 10.5 Å². The fraction of sp³-hybridized carbons (Fsp3) is 0.529. The van der Waals surface area contributed by atoms with Crippen LogP contribution < -0.4 is 0 Å². The number of carbonyl (C=O) groups is 2. The van der Waals surface area contributed by atoms with Gasteiger partial charge in [0.15, 0.2) is 6.04 Å². The third kappa shape index (κ3) is 4.00. The Kier molecular flexibility index (Phi) is 5.81. The van der Waals surface area contributed by atoms with Crippen LogP contribution in [0.2, 0.25) is 0 Å². The van der Waals surface area contributed by atoms with Gasteiger partial charge in [-0.3, -0.25) is 4.90 Å². The molecule has 120 valence electrons. The molecule has 22 heavy (non-hydrogen) atoms. The Balaban J connectivity index is 1.73. The van der Waals surface area contributed by atoms with Crippen molar-refractivity contribution in [1.29, 1.82) is 0 Å². The number of rotatable bonds is 8. The maximum absolute atomic E-state index is 11.5. The van der Waals surface area contributed by atoms with Gasteiger partial charge in [0.05, 0.1) is 0 Å². The smallest absolute Gasteiger partial charge is 0.408 e. The van der Waals surface area contributed by atoms with E-state index in [1.54, 1.807) is 0 Å². The normalized spacial score (nSPS) is 20.1. The molecule has 0 aliphatic carbocycles. The number of carboxylic acid groups (broad SMARTS) is 1. The molecule has 2 rings (SSSR count). The molecule has 1 saturated heterocycles. The molecule has 2 atom stereocenters. The molecule has 0 spiro atoms. The molecule has 1 heterocycles. The quantitative estimate of drug-likeness (QED) is 0.592. The number of benzene rings is 1. The first-order chi connectivity index (χ1) is 10.6. The summed E-state index contributed by atoms with van der Waals surface area (Å²) < 4.78 is 4.97. The molecule has 0 aromatic heterocycles. The van der Waals surface area contributed by atoms with E-state index in [4.69, 9.17) is 4.74 Å². The molecule has 5 heteroatoms. The van der Waals surface area contributed by atoms with Crippen molar-refractivity contribution in [3.63, 3.8) is 0 Å². The molecule has 0 radical (unpaired) electrons. The molecule has 0 saturated carbocycles. The summed E-state index contributed by atoms with van der Waals surface area (Å²) in [4.78, 5) is 24.1. The number of aryl methyl sites for hydroxylation is 1. The van der Waals surface area contributed by atoms with Crippen LogP contribution in [0.1, 0.15) is 38.2 Å². The number of amides is 1. The van der Waals surface area contributed by atoms with Crippen LogP contribution >= 0.6 is 0 Å². The second kappa shape index (κ2) is 7.82. The van der Waals surface area contributed by atoms with Crippen LogP contribution in [-0.4, -0.2) is 40.8 Å². The van der Waals surface area contributed by atoms with Gasteiger partial charge >= 0.3 is 12.1 Å². The Morgan fingerprint density at radius 2 is 1.95 bits per heavy atom. The molecule has 1 aromatic carbocycles. The van der Waals surface area contributed by atoms with Crippen LogP contribution in [0.4, 0.5) is 4.79 Å². The van der Waals surface area contributed by atoms with Crippen LogP contribution in [-0.2, 0) is 16.0 Å². The molecule has 1 amide bonds. The molecular weight excluding hydrogens is 282 g/mol. The van der Waals surface area contributed by atoms with Crippen LogP contribution in [0.25, 0.3) is 0 Å². The molecule has 1 N–H and O–H groups in total. The summed E-state index contributed by atoms with van der Waals surface area (Å²) in [6, 6.07) is 9.62. The molecule has 0 bridgehead atoms. The zero-order valence-corrected chi connectivity index (χ0v) is 12.9. The Labute approximate surface area is 130 Å². The predicted octanol–water partition coefficient (Wildman–Crippen LogP) is 3.08. The summed E-state index contributed by atoms with van der Waals surface area (Å²) in [5, 5.41) is 9.29. The van der Waals surface area contributed by atoms with Gasteiger partial charge in [0.1, 0.15) is 6.10 Å². The van der Waals surface area contributed by atoms with E-state index >= 15 is 0 Å². The molecule has 5 nitrogen and oxygen atoms in total. The summed E-state index contributed by atoms with van der Waals surface area (Å²) in [7, 11) is 0. The lowest BCUT2D eigenvalue weighted by atomic mass is 10.0. The number of carbonyl (C=O) groups excluding carboxylic acids is 1. The average molecular weight is 305 g/mol. The Morgan fingerprint density at radius 1 is 1.23 bits per heavy atom. The highest BCUT2D eigenvalue weighted by Gasteiger charge is 2.47. The van der Waals surface area contributed by atoms with Crippen molar-refractivity contribution >= 4 is 12.1 Å². The summed E-state index contributed by atoms with van der Waals surface area (Å²) >= 11 is 0. The van der Waals surface area contributed by atoms with E-state index in [9.17, 15) is 14.7 Å². The second-order valence-electron chi connectivity index (χ2n) is 5.60. The van der Waals surface area contributed by atoms with Gasteiger partial charge in [-0.05, 0) is 31.2 Å². The summed E-state index contributed by atoms with van der Waals surface area (Å²) in [5.74, 6) is -0.418. The van der Waals surface area contributed by atoms with Gasteiger partial charge in [0.25, 0.3) is 0 Å². The van der Waals surface area contributed by atoms with Crippen molar-refractivity contribution in [2.45, 2.75) is 51.2 Å². The van der Waals surface area contributed by atoms with Crippen molar-refractivity contribution in [2.24, 2.45) is 0 Å². The Hall–Kier alpha value is -2.04. The van der Waals surface area contributed by atoms with Gasteiger partial charge < -0.3 is 9.84 Å². The number of nitrogens with zero attached hydrogens (tertiary/aromatic N) is 1. The van der Waals surface area contributed by atoms with Crippen molar-refractivity contribution in [2.75, 3.05) is 6.54 Å². The SMILES string of the molecule is CC[C@H]1OC(=O)[C@@H]1N(CCCCCc1ccccc1)C(=O)O. The largest absolute Gasteiger partial charge is 0.465 e. The van der Waals surface area contributed by atoms with Crippen LogP contribution in [0.15, 0.2) is 30.3 Å². The van der Waals surface area contributed by atoms with Crippen molar-refractivity contribution in [1.82, 2.24) is 4.90 Å². The van der Waals surface area contributed by atoms with Gasteiger partial charge in [0.2, 0.25) is 0 Å². The van der Waals surface area contributed by atoms with E-state index < -0.39 is 18.1 Å². The van der Waals surface area contributed by atoms with Gasteiger partial charge in [-0.25, -0.2) is 9.59 Å². The average Bonchev–Trinajstić information content (AvgIpc) is 2.51. The van der Waals surface area contributed by atoms with Gasteiger partial charge in [-0.2, -0.15) is 0 Å². The lowest BCUT2D eigenvalue weighted by Gasteiger charge is -2.40.